The predicted molar refractivity (Wildman–Crippen MR) is 103 cm³/mol. The maximum absolute atomic E-state index is 13.1. The third-order valence-electron chi connectivity index (χ3n) is 5.37. The summed E-state index contributed by atoms with van der Waals surface area (Å²) in [6, 6.07) is 3.66. The van der Waals surface area contributed by atoms with Crippen LogP contribution in [-0.4, -0.2) is 52.8 Å². The van der Waals surface area contributed by atoms with E-state index in [0.717, 1.165) is 30.1 Å². The summed E-state index contributed by atoms with van der Waals surface area (Å²) < 4.78 is 4.82. The number of rotatable bonds is 3. The van der Waals surface area contributed by atoms with Crippen LogP contribution in [0.2, 0.25) is 0 Å². The van der Waals surface area contributed by atoms with Gasteiger partial charge in [0.15, 0.2) is 5.65 Å². The van der Waals surface area contributed by atoms with Gasteiger partial charge in [0, 0.05) is 44.4 Å². The summed E-state index contributed by atoms with van der Waals surface area (Å²) in [6.45, 7) is 7.57. The fraction of sp³-hybridized carbons (Fsp3) is 0.526. The van der Waals surface area contributed by atoms with Crippen LogP contribution in [0.5, 0.6) is 0 Å². The van der Waals surface area contributed by atoms with Crippen molar-refractivity contribution in [1.82, 2.24) is 33.8 Å². The molecule has 4 heterocycles. The van der Waals surface area contributed by atoms with Crippen molar-refractivity contribution < 1.29 is 4.79 Å². The molecular weight excluding hydrogens is 358 g/mol. The largest absolute Gasteiger partial charge is 0.345 e. The molecule has 9 nitrogen and oxygen atoms in total. The highest BCUT2D eigenvalue weighted by atomic mass is 16.2. The van der Waals surface area contributed by atoms with E-state index in [1.807, 2.05) is 31.7 Å². The van der Waals surface area contributed by atoms with Gasteiger partial charge in [0.25, 0.3) is 5.91 Å². The summed E-state index contributed by atoms with van der Waals surface area (Å²) in [5, 5.41) is 8.82. The molecule has 0 spiro atoms. The van der Waals surface area contributed by atoms with Crippen molar-refractivity contribution >= 4 is 11.6 Å². The molecule has 3 aromatic heterocycles. The molecule has 0 aliphatic carbocycles. The lowest BCUT2D eigenvalue weighted by atomic mass is 9.96. The van der Waals surface area contributed by atoms with Gasteiger partial charge in [0.05, 0.1) is 5.69 Å². The minimum absolute atomic E-state index is 0.0496. The molecule has 3 aromatic rings. The Bertz CT molecular complexity index is 1110. The number of nitrogens with zero attached hydrogens (tertiary/aromatic N) is 7. The van der Waals surface area contributed by atoms with Crippen molar-refractivity contribution in [3.8, 4) is 0 Å². The molecule has 9 heteroatoms. The standard InChI is InChI=1S/C19H25N7O2/c1-5-25-17(22-23(4)19(25)28)14-7-6-8-24(11-14)18(27)15-10-13(3)26-16(20-15)9-12(2)21-26/h9-10,14H,5-8,11H2,1-4H3/t14-/m0/s1. The first-order valence-corrected chi connectivity index (χ1v) is 9.66. The lowest BCUT2D eigenvalue weighted by Gasteiger charge is -2.32. The Morgan fingerprint density at radius 2 is 2.04 bits per heavy atom. The first kappa shape index (κ1) is 18.4. The number of piperidine rings is 1. The highest BCUT2D eigenvalue weighted by molar-refractivity contribution is 5.93. The maximum Gasteiger partial charge on any atom is 0.345 e. The molecular formula is C19H25N7O2. The van der Waals surface area contributed by atoms with Crippen molar-refractivity contribution in [1.29, 1.82) is 0 Å². The molecule has 28 heavy (non-hydrogen) atoms. The van der Waals surface area contributed by atoms with Crippen molar-refractivity contribution in [2.45, 2.75) is 46.1 Å². The summed E-state index contributed by atoms with van der Waals surface area (Å²) in [5.74, 6) is 0.725. The van der Waals surface area contributed by atoms with E-state index in [2.05, 4.69) is 15.2 Å². The second kappa shape index (κ2) is 6.88. The monoisotopic (exact) mass is 383 g/mol. The van der Waals surface area contributed by atoms with Crippen LogP contribution in [0, 0.1) is 13.8 Å². The molecule has 1 saturated heterocycles. The van der Waals surface area contributed by atoms with Crippen LogP contribution in [0.4, 0.5) is 0 Å². The number of carbonyl (C=O) groups is 1. The van der Waals surface area contributed by atoms with Crippen LogP contribution >= 0.6 is 0 Å². The van der Waals surface area contributed by atoms with Gasteiger partial charge in [0.1, 0.15) is 11.5 Å². The van der Waals surface area contributed by atoms with Crippen LogP contribution in [0.1, 0.15) is 53.4 Å². The van der Waals surface area contributed by atoms with Crippen molar-refractivity contribution in [2.24, 2.45) is 7.05 Å². The number of aryl methyl sites for hydroxylation is 3. The number of likely N-dealkylation sites (tertiary alicyclic amines) is 1. The van der Waals surface area contributed by atoms with E-state index < -0.39 is 0 Å². The molecule has 1 aliphatic rings. The lowest BCUT2D eigenvalue weighted by molar-refractivity contribution is 0.0697. The number of amides is 1. The zero-order chi connectivity index (χ0) is 20.0. The topological polar surface area (TPSA) is 90.3 Å². The van der Waals surface area contributed by atoms with E-state index in [1.165, 1.54) is 4.68 Å². The average molecular weight is 383 g/mol. The number of hydrogen-bond acceptors (Lipinski definition) is 5. The van der Waals surface area contributed by atoms with E-state index in [1.54, 1.807) is 22.2 Å². The molecule has 148 valence electrons. The normalized spacial score (nSPS) is 17.4. The van der Waals surface area contributed by atoms with Crippen LogP contribution in [0.25, 0.3) is 5.65 Å². The lowest BCUT2D eigenvalue weighted by Crippen LogP contribution is -2.40. The number of hydrogen-bond donors (Lipinski definition) is 0. The smallest absolute Gasteiger partial charge is 0.337 e. The molecule has 1 aliphatic heterocycles. The van der Waals surface area contributed by atoms with Gasteiger partial charge in [-0.25, -0.2) is 19.0 Å². The van der Waals surface area contributed by atoms with E-state index in [4.69, 9.17) is 0 Å². The van der Waals surface area contributed by atoms with Gasteiger partial charge in [-0.3, -0.25) is 9.36 Å². The van der Waals surface area contributed by atoms with Crippen molar-refractivity contribution in [3.05, 3.63) is 45.5 Å². The Hall–Kier alpha value is -2.97. The number of aromatic nitrogens is 6. The highest BCUT2D eigenvalue weighted by Gasteiger charge is 2.30. The fourth-order valence-corrected chi connectivity index (χ4v) is 4.01. The Morgan fingerprint density at radius 3 is 2.79 bits per heavy atom. The number of fused-ring (bicyclic) bond motifs is 1. The molecule has 1 amide bonds. The van der Waals surface area contributed by atoms with Crippen LogP contribution in [0.15, 0.2) is 16.9 Å². The summed E-state index contributed by atoms with van der Waals surface area (Å²) in [7, 11) is 1.67. The first-order chi connectivity index (χ1) is 13.4. The first-order valence-electron chi connectivity index (χ1n) is 9.66. The SMILES string of the molecule is CCn1c([C@H]2CCCN(C(=O)c3cc(C)n4nc(C)cc4n3)C2)nn(C)c1=O. The van der Waals surface area contributed by atoms with Gasteiger partial charge in [-0.05, 0) is 39.7 Å². The fourth-order valence-electron chi connectivity index (χ4n) is 4.01. The minimum atomic E-state index is -0.111. The molecule has 1 atom stereocenters. The zero-order valence-electron chi connectivity index (χ0n) is 16.7. The second-order valence-corrected chi connectivity index (χ2v) is 7.44. The molecule has 4 rings (SSSR count). The molecule has 0 bridgehead atoms. The minimum Gasteiger partial charge on any atom is -0.337 e. The van der Waals surface area contributed by atoms with E-state index >= 15 is 0 Å². The maximum atomic E-state index is 13.1. The highest BCUT2D eigenvalue weighted by Crippen LogP contribution is 2.26. The Kier molecular flexibility index (Phi) is 4.52. The van der Waals surface area contributed by atoms with Gasteiger partial charge >= 0.3 is 5.69 Å². The summed E-state index contributed by atoms with van der Waals surface area (Å²) >= 11 is 0. The quantitative estimate of drug-likeness (QED) is 0.680. The van der Waals surface area contributed by atoms with Crippen LogP contribution in [-0.2, 0) is 13.6 Å². The third-order valence-corrected chi connectivity index (χ3v) is 5.37. The van der Waals surface area contributed by atoms with Crippen molar-refractivity contribution in [3.63, 3.8) is 0 Å². The van der Waals surface area contributed by atoms with Gasteiger partial charge in [-0.2, -0.15) is 10.2 Å². The van der Waals surface area contributed by atoms with Crippen LogP contribution in [0.3, 0.4) is 0 Å². The van der Waals surface area contributed by atoms with Crippen LogP contribution < -0.4 is 5.69 Å². The third kappa shape index (κ3) is 3.00. The van der Waals surface area contributed by atoms with E-state index in [0.29, 0.717) is 31.0 Å². The summed E-state index contributed by atoms with van der Waals surface area (Å²) in [6.07, 6.45) is 1.78. The van der Waals surface area contributed by atoms with E-state index in [-0.39, 0.29) is 17.5 Å². The molecule has 1 fully saturated rings. The number of carbonyl (C=O) groups excluding carboxylic acids is 1. The van der Waals surface area contributed by atoms with Gasteiger partial charge in [-0.1, -0.05) is 0 Å². The average Bonchev–Trinajstić information content (AvgIpc) is 3.20. The summed E-state index contributed by atoms with van der Waals surface area (Å²) in [4.78, 5) is 31.7. The summed E-state index contributed by atoms with van der Waals surface area (Å²) in [5.41, 5.74) is 2.74. The molecule has 0 aromatic carbocycles. The Morgan fingerprint density at radius 1 is 1.25 bits per heavy atom. The predicted octanol–water partition coefficient (Wildman–Crippen LogP) is 1.28. The molecule has 0 radical (unpaired) electrons. The van der Waals surface area contributed by atoms with E-state index in [9.17, 15) is 9.59 Å². The zero-order valence-corrected chi connectivity index (χ0v) is 16.7. The van der Waals surface area contributed by atoms with Gasteiger partial charge < -0.3 is 4.90 Å². The van der Waals surface area contributed by atoms with Gasteiger partial charge in [0.2, 0.25) is 0 Å². The van der Waals surface area contributed by atoms with Crippen molar-refractivity contribution in [2.75, 3.05) is 13.1 Å². The molecule has 0 N–H and O–H groups in total. The van der Waals surface area contributed by atoms with Gasteiger partial charge in [-0.15, -0.1) is 0 Å². The molecule has 0 unspecified atom stereocenters. The molecule has 0 saturated carbocycles. The second-order valence-electron chi connectivity index (χ2n) is 7.44. The Labute approximate surface area is 162 Å². The Balaban J connectivity index is 1.62.